The zero-order valence-corrected chi connectivity index (χ0v) is 13.7. The molecular weight excluding hydrogens is 310 g/mol. The number of aromatic nitrogens is 2. The highest BCUT2D eigenvalue weighted by molar-refractivity contribution is 6.06. The van der Waals surface area contributed by atoms with Crippen LogP contribution in [-0.4, -0.2) is 33.7 Å². The second-order valence-corrected chi connectivity index (χ2v) is 6.28. The van der Waals surface area contributed by atoms with Crippen molar-refractivity contribution in [3.63, 3.8) is 0 Å². The topological polar surface area (TPSA) is 105 Å². The largest absolute Gasteiger partial charge is 0.481 e. The van der Waals surface area contributed by atoms with Crippen LogP contribution in [0.25, 0.3) is 11.1 Å². The van der Waals surface area contributed by atoms with Gasteiger partial charge in [-0.1, -0.05) is 11.6 Å². The first-order valence-corrected chi connectivity index (χ1v) is 8.33. The van der Waals surface area contributed by atoms with E-state index >= 15 is 0 Å². The van der Waals surface area contributed by atoms with Crippen molar-refractivity contribution in [3.05, 3.63) is 23.0 Å². The Hall–Kier alpha value is -2.44. The van der Waals surface area contributed by atoms with Crippen molar-refractivity contribution in [2.75, 3.05) is 6.54 Å². The van der Waals surface area contributed by atoms with Crippen molar-refractivity contribution in [2.45, 2.75) is 51.4 Å². The van der Waals surface area contributed by atoms with Gasteiger partial charge >= 0.3 is 5.97 Å². The zero-order chi connectivity index (χ0) is 17.1. The Kier molecular flexibility index (Phi) is 4.78. The summed E-state index contributed by atoms with van der Waals surface area (Å²) >= 11 is 0. The lowest BCUT2D eigenvalue weighted by atomic mass is 10.1. The molecule has 7 heteroatoms. The fourth-order valence-corrected chi connectivity index (χ4v) is 2.76. The summed E-state index contributed by atoms with van der Waals surface area (Å²) in [6.07, 6.45) is 4.51. The molecule has 2 aromatic heterocycles. The monoisotopic (exact) mass is 331 g/mol. The van der Waals surface area contributed by atoms with Gasteiger partial charge in [-0.25, -0.2) is 4.98 Å². The number of rotatable bonds is 8. The van der Waals surface area contributed by atoms with Gasteiger partial charge in [0.2, 0.25) is 0 Å². The molecule has 2 heterocycles. The fraction of sp³-hybridized carbons (Fsp3) is 0.529. The van der Waals surface area contributed by atoms with Crippen molar-refractivity contribution in [1.82, 2.24) is 15.5 Å². The highest BCUT2D eigenvalue weighted by atomic mass is 16.5. The van der Waals surface area contributed by atoms with Gasteiger partial charge in [-0.15, -0.1) is 0 Å². The molecule has 0 atom stereocenters. The van der Waals surface area contributed by atoms with Crippen LogP contribution in [0.2, 0.25) is 0 Å². The summed E-state index contributed by atoms with van der Waals surface area (Å²) in [5, 5.41) is 16.1. The molecule has 2 aromatic rings. The number of fused-ring (bicyclic) bond motifs is 1. The average Bonchev–Trinajstić information content (AvgIpc) is 3.34. The normalized spacial score (nSPS) is 14.0. The molecule has 2 N–H and O–H groups in total. The minimum absolute atomic E-state index is 0.158. The number of aryl methyl sites for hydroxylation is 1. The maximum absolute atomic E-state index is 12.5. The van der Waals surface area contributed by atoms with Crippen LogP contribution in [0.1, 0.15) is 66.2 Å². The first-order valence-electron chi connectivity index (χ1n) is 8.33. The molecule has 24 heavy (non-hydrogen) atoms. The molecule has 1 saturated carbocycles. The van der Waals surface area contributed by atoms with Crippen molar-refractivity contribution in [3.8, 4) is 0 Å². The van der Waals surface area contributed by atoms with E-state index in [1.54, 1.807) is 6.92 Å². The lowest BCUT2D eigenvalue weighted by Crippen LogP contribution is -2.25. The highest BCUT2D eigenvalue weighted by Crippen LogP contribution is 2.40. The van der Waals surface area contributed by atoms with Crippen molar-refractivity contribution in [1.29, 1.82) is 0 Å². The van der Waals surface area contributed by atoms with E-state index in [2.05, 4.69) is 15.5 Å². The molecule has 0 bridgehead atoms. The number of carboxylic acids is 1. The van der Waals surface area contributed by atoms with E-state index in [1.165, 1.54) is 0 Å². The van der Waals surface area contributed by atoms with Crippen molar-refractivity contribution >= 4 is 23.0 Å². The van der Waals surface area contributed by atoms with Crippen LogP contribution in [-0.2, 0) is 4.79 Å². The quantitative estimate of drug-likeness (QED) is 0.721. The van der Waals surface area contributed by atoms with Gasteiger partial charge in [-0.2, -0.15) is 0 Å². The second kappa shape index (κ2) is 6.98. The third-order valence-electron chi connectivity index (χ3n) is 4.23. The summed E-state index contributed by atoms with van der Waals surface area (Å²) in [6, 6.07) is 1.85. The molecule has 3 rings (SSSR count). The highest BCUT2D eigenvalue weighted by Gasteiger charge is 2.28. The Morgan fingerprint density at radius 2 is 2.12 bits per heavy atom. The Morgan fingerprint density at radius 3 is 2.83 bits per heavy atom. The van der Waals surface area contributed by atoms with Crippen molar-refractivity contribution < 1.29 is 19.2 Å². The summed E-state index contributed by atoms with van der Waals surface area (Å²) in [5.41, 5.74) is 2.53. The van der Waals surface area contributed by atoms with Crippen LogP contribution >= 0.6 is 0 Å². The minimum Gasteiger partial charge on any atom is -0.481 e. The second-order valence-electron chi connectivity index (χ2n) is 6.28. The van der Waals surface area contributed by atoms with Gasteiger partial charge in [0.25, 0.3) is 11.6 Å². The summed E-state index contributed by atoms with van der Waals surface area (Å²) < 4.78 is 5.24. The Bertz CT molecular complexity index is 765. The lowest BCUT2D eigenvalue weighted by molar-refractivity contribution is -0.137. The number of amides is 1. The van der Waals surface area contributed by atoms with Gasteiger partial charge in [-0.3, -0.25) is 9.59 Å². The molecule has 0 spiro atoms. The van der Waals surface area contributed by atoms with E-state index in [0.29, 0.717) is 41.2 Å². The number of carbonyl (C=O) groups is 2. The number of pyridine rings is 1. The van der Waals surface area contributed by atoms with E-state index in [4.69, 9.17) is 9.63 Å². The Morgan fingerprint density at radius 1 is 1.33 bits per heavy atom. The molecule has 1 aliphatic rings. The Balaban J connectivity index is 1.65. The summed E-state index contributed by atoms with van der Waals surface area (Å²) in [7, 11) is 0. The number of nitrogens with one attached hydrogen (secondary N) is 1. The summed E-state index contributed by atoms with van der Waals surface area (Å²) in [6.45, 7) is 2.32. The van der Waals surface area contributed by atoms with Crippen LogP contribution in [0.5, 0.6) is 0 Å². The standard InChI is InChI=1S/C17H21N3O4/c1-10-15-12(16(23)18-8-4-2-3-5-14(21)22)9-13(11-6-7-11)19-17(15)24-20-10/h9,11H,2-8H2,1H3,(H,18,23)(H,21,22). The minimum atomic E-state index is -0.784. The molecule has 1 fully saturated rings. The van der Waals surface area contributed by atoms with Gasteiger partial charge in [0.1, 0.15) is 0 Å². The van der Waals surface area contributed by atoms with E-state index in [0.717, 1.165) is 31.4 Å². The maximum atomic E-state index is 12.5. The number of hydrogen-bond donors (Lipinski definition) is 2. The third kappa shape index (κ3) is 3.72. The first kappa shape index (κ1) is 16.4. The number of carboxylic acid groups (broad SMARTS) is 1. The molecular formula is C17H21N3O4. The lowest BCUT2D eigenvalue weighted by Gasteiger charge is -2.07. The molecule has 0 aliphatic heterocycles. The van der Waals surface area contributed by atoms with E-state index < -0.39 is 5.97 Å². The number of nitrogens with zero attached hydrogens (tertiary/aromatic N) is 2. The van der Waals surface area contributed by atoms with E-state index in [9.17, 15) is 9.59 Å². The van der Waals surface area contributed by atoms with E-state index in [-0.39, 0.29) is 12.3 Å². The average molecular weight is 331 g/mol. The Labute approximate surface area is 139 Å². The molecule has 1 amide bonds. The number of carbonyl (C=O) groups excluding carboxylic acids is 1. The van der Waals surface area contributed by atoms with Crippen LogP contribution in [0.4, 0.5) is 0 Å². The molecule has 128 valence electrons. The number of unbranched alkanes of at least 4 members (excludes halogenated alkanes) is 2. The first-order chi connectivity index (χ1) is 11.6. The maximum Gasteiger partial charge on any atom is 0.303 e. The fourth-order valence-electron chi connectivity index (χ4n) is 2.76. The van der Waals surface area contributed by atoms with Crippen LogP contribution in [0, 0.1) is 6.92 Å². The molecule has 0 saturated heterocycles. The smallest absolute Gasteiger partial charge is 0.303 e. The SMILES string of the molecule is Cc1noc2nc(C3CC3)cc(C(=O)NCCCCCC(=O)O)c12. The third-order valence-corrected chi connectivity index (χ3v) is 4.23. The number of hydrogen-bond acceptors (Lipinski definition) is 5. The molecule has 0 aromatic carbocycles. The molecule has 0 radical (unpaired) electrons. The summed E-state index contributed by atoms with van der Waals surface area (Å²) in [4.78, 5) is 27.5. The van der Waals surface area contributed by atoms with Crippen LogP contribution in [0.3, 0.4) is 0 Å². The molecule has 1 aliphatic carbocycles. The number of aliphatic carboxylic acids is 1. The van der Waals surface area contributed by atoms with Gasteiger partial charge in [0, 0.05) is 24.6 Å². The van der Waals surface area contributed by atoms with Gasteiger partial charge in [0.15, 0.2) is 0 Å². The molecule has 7 nitrogen and oxygen atoms in total. The van der Waals surface area contributed by atoms with Crippen molar-refractivity contribution in [2.24, 2.45) is 0 Å². The summed E-state index contributed by atoms with van der Waals surface area (Å²) in [5.74, 6) is -0.523. The van der Waals surface area contributed by atoms with Crippen LogP contribution < -0.4 is 5.32 Å². The van der Waals surface area contributed by atoms with E-state index in [1.807, 2.05) is 6.07 Å². The van der Waals surface area contributed by atoms with Gasteiger partial charge in [0.05, 0.1) is 16.6 Å². The predicted molar refractivity (Wildman–Crippen MR) is 87.0 cm³/mol. The van der Waals surface area contributed by atoms with Crippen LogP contribution in [0.15, 0.2) is 10.6 Å². The van der Waals surface area contributed by atoms with Gasteiger partial charge in [-0.05, 0) is 38.7 Å². The zero-order valence-electron chi connectivity index (χ0n) is 13.7. The van der Waals surface area contributed by atoms with Gasteiger partial charge < -0.3 is 14.9 Å². The predicted octanol–water partition coefficient (Wildman–Crippen LogP) is 2.78. The molecule has 0 unspecified atom stereocenters.